The zero-order chi connectivity index (χ0) is 14.9. The largest absolute Gasteiger partial charge is 0.306 e. The van der Waals surface area contributed by atoms with Crippen LogP contribution in [0.4, 0.5) is 0 Å². The fourth-order valence-electron chi connectivity index (χ4n) is 1.86. The first kappa shape index (κ1) is 14.7. The standard InChI is InChI=1S/C15H23N5/c1-10-11(2)19-20(12(10)3)14-8-7-13(17-18-14)9-16-15(4,5)6/h7-8,16H,9H2,1-6H3. The summed E-state index contributed by atoms with van der Waals surface area (Å²) < 4.78 is 1.85. The lowest BCUT2D eigenvalue weighted by atomic mass is 10.1. The van der Waals surface area contributed by atoms with Gasteiger partial charge in [0.15, 0.2) is 5.82 Å². The third kappa shape index (κ3) is 3.22. The highest BCUT2D eigenvalue weighted by molar-refractivity contribution is 5.30. The molecule has 0 amide bonds. The van der Waals surface area contributed by atoms with Gasteiger partial charge in [0, 0.05) is 17.8 Å². The molecule has 2 aromatic heterocycles. The van der Waals surface area contributed by atoms with Crippen molar-refractivity contribution in [1.29, 1.82) is 0 Å². The molecule has 0 aliphatic heterocycles. The van der Waals surface area contributed by atoms with Gasteiger partial charge < -0.3 is 5.32 Å². The molecular formula is C15H23N5. The van der Waals surface area contributed by atoms with E-state index in [0.29, 0.717) is 6.54 Å². The van der Waals surface area contributed by atoms with Crippen molar-refractivity contribution in [2.24, 2.45) is 0 Å². The molecule has 0 atom stereocenters. The third-order valence-electron chi connectivity index (χ3n) is 3.38. The second-order valence-electron chi connectivity index (χ2n) is 6.19. The van der Waals surface area contributed by atoms with Gasteiger partial charge in [0.05, 0.1) is 11.4 Å². The Morgan fingerprint density at radius 1 is 1.10 bits per heavy atom. The molecule has 1 N–H and O–H groups in total. The Morgan fingerprint density at radius 2 is 1.80 bits per heavy atom. The molecule has 0 radical (unpaired) electrons. The van der Waals surface area contributed by atoms with Crippen LogP contribution in [0, 0.1) is 20.8 Å². The molecule has 0 spiro atoms. The van der Waals surface area contributed by atoms with Crippen LogP contribution in [0.2, 0.25) is 0 Å². The highest BCUT2D eigenvalue weighted by atomic mass is 15.3. The van der Waals surface area contributed by atoms with E-state index in [1.807, 2.05) is 30.7 Å². The van der Waals surface area contributed by atoms with Gasteiger partial charge in [0.1, 0.15) is 0 Å². The number of nitrogens with one attached hydrogen (secondary N) is 1. The smallest absolute Gasteiger partial charge is 0.175 e. The number of nitrogens with zero attached hydrogens (tertiary/aromatic N) is 4. The number of hydrogen-bond donors (Lipinski definition) is 1. The van der Waals surface area contributed by atoms with Gasteiger partial charge in [0.2, 0.25) is 0 Å². The van der Waals surface area contributed by atoms with Crippen LogP contribution in [0.3, 0.4) is 0 Å². The highest BCUT2D eigenvalue weighted by Gasteiger charge is 2.12. The second-order valence-corrected chi connectivity index (χ2v) is 6.19. The van der Waals surface area contributed by atoms with Crippen LogP contribution in [0.1, 0.15) is 43.4 Å². The van der Waals surface area contributed by atoms with Crippen molar-refractivity contribution in [1.82, 2.24) is 25.3 Å². The Balaban J connectivity index is 2.18. The number of hydrogen-bond acceptors (Lipinski definition) is 4. The van der Waals surface area contributed by atoms with Crippen molar-refractivity contribution in [3.05, 3.63) is 34.8 Å². The van der Waals surface area contributed by atoms with Crippen molar-refractivity contribution < 1.29 is 0 Å². The van der Waals surface area contributed by atoms with Crippen LogP contribution in [0.15, 0.2) is 12.1 Å². The molecule has 2 rings (SSSR count). The van der Waals surface area contributed by atoms with Gasteiger partial charge in [0.25, 0.3) is 0 Å². The topological polar surface area (TPSA) is 55.6 Å². The van der Waals surface area contributed by atoms with E-state index in [4.69, 9.17) is 0 Å². The molecule has 0 saturated carbocycles. The summed E-state index contributed by atoms with van der Waals surface area (Å²) in [4.78, 5) is 0. The van der Waals surface area contributed by atoms with E-state index in [0.717, 1.165) is 22.9 Å². The molecule has 0 unspecified atom stereocenters. The molecule has 0 aliphatic carbocycles. The fourth-order valence-corrected chi connectivity index (χ4v) is 1.86. The van der Waals surface area contributed by atoms with E-state index in [-0.39, 0.29) is 5.54 Å². The number of aryl methyl sites for hydroxylation is 1. The summed E-state index contributed by atoms with van der Waals surface area (Å²) in [6, 6.07) is 3.96. The Hall–Kier alpha value is -1.75. The molecule has 0 aliphatic rings. The van der Waals surface area contributed by atoms with Crippen molar-refractivity contribution in [3.8, 4) is 5.82 Å². The summed E-state index contributed by atoms with van der Waals surface area (Å²) >= 11 is 0. The monoisotopic (exact) mass is 273 g/mol. The van der Waals surface area contributed by atoms with Gasteiger partial charge >= 0.3 is 0 Å². The first-order chi connectivity index (χ1) is 9.28. The van der Waals surface area contributed by atoms with Gasteiger partial charge in [-0.15, -0.1) is 5.10 Å². The lowest BCUT2D eigenvalue weighted by Crippen LogP contribution is -2.35. The maximum absolute atomic E-state index is 4.49. The van der Waals surface area contributed by atoms with E-state index in [1.54, 1.807) is 0 Å². The molecule has 5 nitrogen and oxygen atoms in total. The van der Waals surface area contributed by atoms with Crippen LogP contribution in [-0.2, 0) is 6.54 Å². The van der Waals surface area contributed by atoms with Crippen LogP contribution in [-0.4, -0.2) is 25.5 Å². The molecule has 2 heterocycles. The average molecular weight is 273 g/mol. The number of aromatic nitrogens is 4. The molecular weight excluding hydrogens is 250 g/mol. The normalized spacial score (nSPS) is 11.9. The lowest BCUT2D eigenvalue weighted by Gasteiger charge is -2.19. The molecule has 108 valence electrons. The van der Waals surface area contributed by atoms with Gasteiger partial charge in [-0.1, -0.05) is 0 Å². The summed E-state index contributed by atoms with van der Waals surface area (Å²) in [6.07, 6.45) is 0. The van der Waals surface area contributed by atoms with Crippen LogP contribution in [0.25, 0.3) is 5.82 Å². The van der Waals surface area contributed by atoms with E-state index in [1.165, 1.54) is 5.56 Å². The Bertz CT molecular complexity index is 590. The van der Waals surface area contributed by atoms with Crippen molar-refractivity contribution >= 4 is 0 Å². The minimum atomic E-state index is 0.0765. The van der Waals surface area contributed by atoms with E-state index in [9.17, 15) is 0 Å². The first-order valence-corrected chi connectivity index (χ1v) is 6.89. The zero-order valence-corrected chi connectivity index (χ0v) is 13.2. The molecule has 2 aromatic rings. The van der Waals surface area contributed by atoms with Crippen LogP contribution >= 0.6 is 0 Å². The second kappa shape index (κ2) is 5.32. The lowest BCUT2D eigenvalue weighted by molar-refractivity contribution is 0.420. The van der Waals surface area contributed by atoms with Crippen molar-refractivity contribution in [3.63, 3.8) is 0 Å². The summed E-state index contributed by atoms with van der Waals surface area (Å²) in [5.41, 5.74) is 4.35. The van der Waals surface area contributed by atoms with Gasteiger partial charge in [-0.3, -0.25) is 0 Å². The quantitative estimate of drug-likeness (QED) is 0.933. The van der Waals surface area contributed by atoms with Crippen molar-refractivity contribution in [2.75, 3.05) is 0 Å². The predicted molar refractivity (Wildman–Crippen MR) is 80.0 cm³/mol. The minimum absolute atomic E-state index is 0.0765. The van der Waals surface area contributed by atoms with Crippen LogP contribution < -0.4 is 5.32 Å². The summed E-state index contributed by atoms with van der Waals surface area (Å²) in [6.45, 7) is 13.2. The van der Waals surface area contributed by atoms with Crippen molar-refractivity contribution in [2.45, 2.75) is 53.6 Å². The third-order valence-corrected chi connectivity index (χ3v) is 3.38. The maximum Gasteiger partial charge on any atom is 0.175 e. The molecule has 0 aromatic carbocycles. The van der Waals surface area contributed by atoms with E-state index < -0.39 is 0 Å². The highest BCUT2D eigenvalue weighted by Crippen LogP contribution is 2.14. The zero-order valence-electron chi connectivity index (χ0n) is 13.2. The predicted octanol–water partition coefficient (Wildman–Crippen LogP) is 2.48. The van der Waals surface area contributed by atoms with Crippen LogP contribution in [0.5, 0.6) is 0 Å². The Kier molecular flexibility index (Phi) is 3.90. The molecule has 0 saturated heterocycles. The SMILES string of the molecule is Cc1nn(-c2ccc(CNC(C)(C)C)nn2)c(C)c1C. The fraction of sp³-hybridized carbons (Fsp3) is 0.533. The summed E-state index contributed by atoms with van der Waals surface area (Å²) in [7, 11) is 0. The molecule has 0 fully saturated rings. The minimum Gasteiger partial charge on any atom is -0.306 e. The average Bonchev–Trinajstić information content (AvgIpc) is 2.64. The Labute approximate surface area is 120 Å². The van der Waals surface area contributed by atoms with E-state index in [2.05, 4.69) is 48.3 Å². The molecule has 5 heteroatoms. The molecule has 20 heavy (non-hydrogen) atoms. The Morgan fingerprint density at radius 3 is 2.25 bits per heavy atom. The van der Waals surface area contributed by atoms with Gasteiger partial charge in [-0.05, 0) is 59.2 Å². The van der Waals surface area contributed by atoms with E-state index >= 15 is 0 Å². The van der Waals surface area contributed by atoms with Gasteiger partial charge in [-0.25, -0.2) is 4.68 Å². The maximum atomic E-state index is 4.49. The summed E-state index contributed by atoms with van der Waals surface area (Å²) in [5.74, 6) is 0.762. The summed E-state index contributed by atoms with van der Waals surface area (Å²) in [5, 5.41) is 16.4. The first-order valence-electron chi connectivity index (χ1n) is 6.89. The number of rotatable bonds is 3. The van der Waals surface area contributed by atoms with Gasteiger partial charge in [-0.2, -0.15) is 10.2 Å². The molecule has 0 bridgehead atoms.